The molecule has 0 spiro atoms. The second-order valence-corrected chi connectivity index (χ2v) is 6.12. The Bertz CT molecular complexity index is 727. The highest BCUT2D eigenvalue weighted by molar-refractivity contribution is 5.80. The Morgan fingerprint density at radius 2 is 1.83 bits per heavy atom. The molecule has 3 nitrogen and oxygen atoms in total. The van der Waals surface area contributed by atoms with Crippen molar-refractivity contribution >= 4 is 12.0 Å². The number of hydrogen-bond donors (Lipinski definition) is 1. The molecule has 124 valence electrons. The molecule has 1 amide bonds. The number of aliphatic hydroxyl groups is 1. The Morgan fingerprint density at radius 3 is 2.50 bits per heavy atom. The molecule has 0 radical (unpaired) electrons. The number of benzene rings is 2. The molecule has 1 saturated heterocycles. The maximum Gasteiger partial charge on any atom is 0.223 e. The van der Waals surface area contributed by atoms with E-state index < -0.39 is 6.10 Å². The predicted molar refractivity (Wildman–Crippen MR) is 91.8 cm³/mol. The first-order valence-electron chi connectivity index (χ1n) is 7.98. The van der Waals surface area contributed by atoms with Crippen LogP contribution in [-0.4, -0.2) is 35.1 Å². The van der Waals surface area contributed by atoms with Crippen molar-refractivity contribution < 1.29 is 14.3 Å². The van der Waals surface area contributed by atoms with Gasteiger partial charge >= 0.3 is 0 Å². The fourth-order valence-electron chi connectivity index (χ4n) is 3.27. The van der Waals surface area contributed by atoms with Crippen LogP contribution in [-0.2, 0) is 4.79 Å². The largest absolute Gasteiger partial charge is 0.387 e. The summed E-state index contributed by atoms with van der Waals surface area (Å²) in [6.45, 7) is 0. The zero-order chi connectivity index (χ0) is 17.1. The van der Waals surface area contributed by atoms with Gasteiger partial charge in [0.1, 0.15) is 5.82 Å². The minimum Gasteiger partial charge on any atom is -0.387 e. The average molecular weight is 325 g/mol. The van der Waals surface area contributed by atoms with Crippen molar-refractivity contribution in [3.05, 3.63) is 77.6 Å². The molecule has 3 atom stereocenters. The minimum absolute atomic E-state index is 0.0306. The molecule has 1 aliphatic heterocycles. The number of halogens is 1. The summed E-state index contributed by atoms with van der Waals surface area (Å²) in [6.07, 6.45) is 3.02. The van der Waals surface area contributed by atoms with Crippen molar-refractivity contribution in [3.63, 3.8) is 0 Å². The summed E-state index contributed by atoms with van der Waals surface area (Å²) in [5, 5.41) is 10.6. The van der Waals surface area contributed by atoms with Crippen LogP contribution < -0.4 is 0 Å². The summed E-state index contributed by atoms with van der Waals surface area (Å²) in [5.74, 6) is -0.308. The van der Waals surface area contributed by atoms with Crippen molar-refractivity contribution in [3.8, 4) is 0 Å². The second-order valence-electron chi connectivity index (χ2n) is 6.12. The van der Waals surface area contributed by atoms with E-state index in [0.29, 0.717) is 6.42 Å². The maximum absolute atomic E-state index is 12.9. The molecule has 1 N–H and O–H groups in total. The van der Waals surface area contributed by atoms with Gasteiger partial charge in [0.05, 0.1) is 12.1 Å². The number of likely N-dealkylation sites (N-methyl/N-ethyl adjacent to an activating group) is 1. The van der Waals surface area contributed by atoms with E-state index in [2.05, 4.69) is 0 Å². The number of carbonyl (C=O) groups is 1. The highest BCUT2D eigenvalue weighted by Crippen LogP contribution is 2.35. The summed E-state index contributed by atoms with van der Waals surface area (Å²) in [7, 11) is 1.73. The molecule has 0 aliphatic carbocycles. The Labute approximate surface area is 141 Å². The van der Waals surface area contributed by atoms with Crippen molar-refractivity contribution in [1.29, 1.82) is 0 Å². The van der Waals surface area contributed by atoms with Gasteiger partial charge in [-0.3, -0.25) is 4.79 Å². The van der Waals surface area contributed by atoms with Gasteiger partial charge in [-0.25, -0.2) is 4.39 Å². The van der Waals surface area contributed by atoms with Gasteiger partial charge in [-0.2, -0.15) is 0 Å². The fraction of sp³-hybridized carbons (Fsp3) is 0.250. The lowest BCUT2D eigenvalue weighted by atomic mass is 9.88. The van der Waals surface area contributed by atoms with Crippen molar-refractivity contribution in [2.75, 3.05) is 7.05 Å². The predicted octanol–water partition coefficient (Wildman–Crippen LogP) is 3.21. The smallest absolute Gasteiger partial charge is 0.223 e. The molecule has 2 aromatic rings. The van der Waals surface area contributed by atoms with E-state index in [1.165, 1.54) is 12.1 Å². The van der Waals surface area contributed by atoms with E-state index in [9.17, 15) is 14.3 Å². The first-order valence-corrected chi connectivity index (χ1v) is 7.98. The summed E-state index contributed by atoms with van der Waals surface area (Å²) in [4.78, 5) is 13.8. The van der Waals surface area contributed by atoms with E-state index in [-0.39, 0.29) is 23.7 Å². The Balaban J connectivity index is 1.81. The summed E-state index contributed by atoms with van der Waals surface area (Å²) >= 11 is 0. The third-order valence-corrected chi connectivity index (χ3v) is 4.58. The van der Waals surface area contributed by atoms with Crippen molar-refractivity contribution in [2.45, 2.75) is 24.5 Å². The van der Waals surface area contributed by atoms with Crippen LogP contribution in [0.5, 0.6) is 0 Å². The molecule has 2 aromatic carbocycles. The van der Waals surface area contributed by atoms with Crippen LogP contribution in [0, 0.1) is 5.82 Å². The molecular weight excluding hydrogens is 305 g/mol. The molecular formula is C20H20FNO2. The summed E-state index contributed by atoms with van der Waals surface area (Å²) in [5.41, 5.74) is 1.85. The Morgan fingerprint density at radius 1 is 1.17 bits per heavy atom. The van der Waals surface area contributed by atoms with Crippen LogP contribution in [0.2, 0.25) is 0 Å². The first-order chi connectivity index (χ1) is 11.6. The SMILES string of the molecule is CN1C(=O)C[C@H](c2ccccc2)[C@@H]1[C@H](O)/C=C\c1ccc(F)cc1. The molecule has 0 bridgehead atoms. The average Bonchev–Trinajstić information content (AvgIpc) is 2.90. The summed E-state index contributed by atoms with van der Waals surface area (Å²) < 4.78 is 12.9. The number of aliphatic hydroxyl groups excluding tert-OH is 1. The molecule has 1 heterocycles. The van der Waals surface area contributed by atoms with Gasteiger partial charge in [-0.05, 0) is 23.3 Å². The fourth-order valence-corrected chi connectivity index (χ4v) is 3.27. The van der Waals surface area contributed by atoms with E-state index in [4.69, 9.17) is 0 Å². The topological polar surface area (TPSA) is 40.5 Å². The monoisotopic (exact) mass is 325 g/mol. The van der Waals surface area contributed by atoms with E-state index in [1.54, 1.807) is 36.2 Å². The zero-order valence-corrected chi connectivity index (χ0v) is 13.5. The molecule has 0 aromatic heterocycles. The van der Waals surface area contributed by atoms with Crippen molar-refractivity contribution in [2.24, 2.45) is 0 Å². The molecule has 4 heteroatoms. The number of rotatable bonds is 4. The standard InChI is InChI=1S/C20H20FNO2/c1-22-19(24)13-17(15-5-3-2-4-6-15)20(22)18(23)12-9-14-7-10-16(21)11-8-14/h2-12,17-18,20,23H,13H2,1H3/b12-9-/t17-,18-,20-/m1/s1. The molecule has 1 fully saturated rings. The quantitative estimate of drug-likeness (QED) is 0.938. The zero-order valence-electron chi connectivity index (χ0n) is 13.5. The minimum atomic E-state index is -0.795. The lowest BCUT2D eigenvalue weighted by Gasteiger charge is -2.28. The van der Waals surface area contributed by atoms with Crippen LogP contribution in [0.25, 0.3) is 6.08 Å². The number of carbonyl (C=O) groups excluding carboxylic acids is 1. The molecule has 24 heavy (non-hydrogen) atoms. The third-order valence-electron chi connectivity index (χ3n) is 4.58. The van der Waals surface area contributed by atoms with Crippen LogP contribution in [0.1, 0.15) is 23.5 Å². The Kier molecular flexibility index (Phi) is 4.76. The first kappa shape index (κ1) is 16.4. The summed E-state index contributed by atoms with van der Waals surface area (Å²) in [6, 6.07) is 15.5. The van der Waals surface area contributed by atoms with Crippen LogP contribution in [0.15, 0.2) is 60.7 Å². The van der Waals surface area contributed by atoms with E-state index in [0.717, 1.165) is 11.1 Å². The number of hydrogen-bond acceptors (Lipinski definition) is 2. The highest BCUT2D eigenvalue weighted by Gasteiger charge is 2.41. The van der Waals surface area contributed by atoms with Crippen molar-refractivity contribution in [1.82, 2.24) is 4.90 Å². The number of likely N-dealkylation sites (tertiary alicyclic amines) is 1. The van der Waals surface area contributed by atoms with Gasteiger partial charge in [0, 0.05) is 19.4 Å². The van der Waals surface area contributed by atoms with Gasteiger partial charge in [-0.1, -0.05) is 54.6 Å². The van der Waals surface area contributed by atoms with E-state index >= 15 is 0 Å². The van der Waals surface area contributed by atoms with Gasteiger partial charge < -0.3 is 10.0 Å². The molecule has 0 saturated carbocycles. The molecule has 0 unspecified atom stereocenters. The maximum atomic E-state index is 12.9. The third kappa shape index (κ3) is 3.39. The van der Waals surface area contributed by atoms with Gasteiger partial charge in [0.25, 0.3) is 0 Å². The number of amides is 1. The van der Waals surface area contributed by atoms with Crippen LogP contribution in [0.4, 0.5) is 4.39 Å². The highest BCUT2D eigenvalue weighted by atomic mass is 19.1. The molecule has 1 aliphatic rings. The van der Waals surface area contributed by atoms with E-state index in [1.807, 2.05) is 30.3 Å². The van der Waals surface area contributed by atoms with Crippen LogP contribution >= 0.6 is 0 Å². The van der Waals surface area contributed by atoms with Gasteiger partial charge in [0.15, 0.2) is 0 Å². The lowest BCUT2D eigenvalue weighted by molar-refractivity contribution is -0.128. The second kappa shape index (κ2) is 6.97. The van der Waals surface area contributed by atoms with Gasteiger partial charge in [-0.15, -0.1) is 0 Å². The van der Waals surface area contributed by atoms with Crippen LogP contribution in [0.3, 0.4) is 0 Å². The Hall–Kier alpha value is -2.46. The number of nitrogens with zero attached hydrogens (tertiary/aromatic N) is 1. The van der Waals surface area contributed by atoms with Gasteiger partial charge in [0.2, 0.25) is 5.91 Å². The lowest BCUT2D eigenvalue weighted by Crippen LogP contribution is -2.40. The normalized spacial score (nSPS) is 22.3. The molecule has 3 rings (SSSR count).